The Labute approximate surface area is 150 Å². The first-order valence-corrected chi connectivity index (χ1v) is 9.61. The fourth-order valence-corrected chi connectivity index (χ4v) is 4.18. The molecule has 2 aromatic rings. The minimum absolute atomic E-state index is 0.0389. The highest BCUT2D eigenvalue weighted by molar-refractivity contribution is 7.92. The summed E-state index contributed by atoms with van der Waals surface area (Å²) in [6, 6.07) is 2.73. The molecule has 1 aliphatic rings. The van der Waals surface area contributed by atoms with E-state index in [4.69, 9.17) is 0 Å². The number of benzene rings is 1. The molecular formula is C16H19FN4O4S. The molecule has 0 atom stereocenters. The molecule has 0 saturated carbocycles. The molecule has 1 saturated heterocycles. The molecule has 8 nitrogen and oxygen atoms in total. The van der Waals surface area contributed by atoms with Crippen LogP contribution in [-0.4, -0.2) is 35.5 Å². The Kier molecular flexibility index (Phi) is 4.61. The van der Waals surface area contributed by atoms with E-state index in [9.17, 15) is 18.3 Å². The maximum atomic E-state index is 15.1. The number of hydrogen-bond donors (Lipinski definition) is 2. The third-order valence-corrected chi connectivity index (χ3v) is 5.78. The highest BCUT2D eigenvalue weighted by Gasteiger charge is 2.38. The van der Waals surface area contributed by atoms with Gasteiger partial charge in [-0.15, -0.1) is 0 Å². The second kappa shape index (κ2) is 6.60. The smallest absolute Gasteiger partial charge is 0.326 e. The number of phenolic OH excluding ortho intramolecular Hbond substituents is 1. The highest BCUT2D eigenvalue weighted by Crippen LogP contribution is 2.38. The van der Waals surface area contributed by atoms with Crippen molar-refractivity contribution in [3.8, 4) is 17.0 Å². The number of hydrogen-bond acceptors (Lipinski definition) is 5. The van der Waals surface area contributed by atoms with Gasteiger partial charge in [0.15, 0.2) is 5.82 Å². The number of anilines is 1. The van der Waals surface area contributed by atoms with Gasteiger partial charge >= 0.3 is 10.2 Å². The van der Waals surface area contributed by atoms with Gasteiger partial charge in [0.1, 0.15) is 18.0 Å². The van der Waals surface area contributed by atoms with Crippen LogP contribution >= 0.6 is 0 Å². The van der Waals surface area contributed by atoms with E-state index in [0.29, 0.717) is 10.00 Å². The summed E-state index contributed by atoms with van der Waals surface area (Å²) in [5.74, 6) is -2.34. The topological polar surface area (TPSA) is 105 Å². The SMILES string of the molecule is CCC(CC)n1cnc(-c2ccc(O)c(N3CC(=O)NS3(=O)=O)c2F)c1. The van der Waals surface area contributed by atoms with Crippen LogP contribution in [-0.2, 0) is 15.0 Å². The second-order valence-electron chi connectivity index (χ2n) is 6.01. The van der Waals surface area contributed by atoms with Crippen molar-refractivity contribution in [3.63, 3.8) is 0 Å². The average molecular weight is 382 g/mol. The molecule has 140 valence electrons. The molecule has 10 heteroatoms. The lowest BCUT2D eigenvalue weighted by Crippen LogP contribution is -2.30. The predicted molar refractivity (Wildman–Crippen MR) is 93.3 cm³/mol. The summed E-state index contributed by atoms with van der Waals surface area (Å²) in [6.45, 7) is 3.48. The number of halogens is 1. The molecule has 26 heavy (non-hydrogen) atoms. The number of amides is 1. The molecular weight excluding hydrogens is 363 g/mol. The number of imidazole rings is 1. The van der Waals surface area contributed by atoms with E-state index < -0.39 is 39.9 Å². The molecule has 0 unspecified atom stereocenters. The molecule has 1 aromatic heterocycles. The average Bonchev–Trinajstić information content (AvgIpc) is 3.13. The van der Waals surface area contributed by atoms with E-state index in [2.05, 4.69) is 4.98 Å². The Hall–Kier alpha value is -2.62. The van der Waals surface area contributed by atoms with Gasteiger partial charge in [0.2, 0.25) is 0 Å². The number of carbonyl (C=O) groups is 1. The first-order chi connectivity index (χ1) is 12.3. The minimum atomic E-state index is -4.24. The molecule has 0 radical (unpaired) electrons. The first-order valence-electron chi connectivity index (χ1n) is 8.17. The van der Waals surface area contributed by atoms with Crippen LogP contribution in [0.4, 0.5) is 10.1 Å². The van der Waals surface area contributed by atoms with Crippen LogP contribution in [0.3, 0.4) is 0 Å². The van der Waals surface area contributed by atoms with E-state index in [1.54, 1.807) is 17.2 Å². The predicted octanol–water partition coefficient (Wildman–Crippen LogP) is 1.94. The van der Waals surface area contributed by atoms with Gasteiger partial charge in [-0.1, -0.05) is 13.8 Å². The summed E-state index contributed by atoms with van der Waals surface area (Å²) >= 11 is 0. The van der Waals surface area contributed by atoms with Crippen LogP contribution in [0, 0.1) is 5.82 Å². The molecule has 2 N–H and O–H groups in total. The summed E-state index contributed by atoms with van der Waals surface area (Å²) in [7, 11) is -4.24. The third-order valence-electron chi connectivity index (χ3n) is 4.41. The summed E-state index contributed by atoms with van der Waals surface area (Å²) in [5, 5.41) is 10.0. The quantitative estimate of drug-likeness (QED) is 0.822. The van der Waals surface area contributed by atoms with E-state index >= 15 is 4.39 Å². The zero-order valence-electron chi connectivity index (χ0n) is 14.3. The van der Waals surface area contributed by atoms with Crippen molar-refractivity contribution in [3.05, 3.63) is 30.5 Å². The van der Waals surface area contributed by atoms with Gasteiger partial charge in [0.25, 0.3) is 5.91 Å². The molecule has 0 spiro atoms. The molecule has 1 amide bonds. The number of aromatic hydroxyl groups is 1. The zero-order valence-corrected chi connectivity index (χ0v) is 15.1. The van der Waals surface area contributed by atoms with Crippen molar-refractivity contribution in [1.82, 2.24) is 14.3 Å². The maximum absolute atomic E-state index is 15.1. The van der Waals surface area contributed by atoms with Crippen LogP contribution in [0.5, 0.6) is 5.75 Å². The van der Waals surface area contributed by atoms with Crippen molar-refractivity contribution in [1.29, 1.82) is 0 Å². The van der Waals surface area contributed by atoms with Crippen molar-refractivity contribution < 1.29 is 22.7 Å². The fraction of sp³-hybridized carbons (Fsp3) is 0.375. The van der Waals surface area contributed by atoms with Crippen molar-refractivity contribution in [2.45, 2.75) is 32.7 Å². The van der Waals surface area contributed by atoms with Crippen molar-refractivity contribution >= 4 is 21.8 Å². The largest absolute Gasteiger partial charge is 0.506 e. The Morgan fingerprint density at radius 3 is 2.62 bits per heavy atom. The van der Waals surface area contributed by atoms with Gasteiger partial charge in [-0.05, 0) is 25.0 Å². The monoisotopic (exact) mass is 382 g/mol. The summed E-state index contributed by atoms with van der Waals surface area (Å²) in [6.07, 6.45) is 5.04. The van der Waals surface area contributed by atoms with Crippen LogP contribution in [0.2, 0.25) is 0 Å². The second-order valence-corrected chi connectivity index (χ2v) is 7.60. The van der Waals surface area contributed by atoms with Gasteiger partial charge < -0.3 is 9.67 Å². The zero-order chi connectivity index (χ0) is 19.1. The molecule has 3 rings (SSSR count). The Balaban J connectivity index is 2.08. The summed E-state index contributed by atoms with van der Waals surface area (Å²) in [5.41, 5.74) is -0.221. The van der Waals surface area contributed by atoms with Crippen molar-refractivity contribution in [2.24, 2.45) is 0 Å². The van der Waals surface area contributed by atoms with Gasteiger partial charge in [-0.3, -0.25) is 4.79 Å². The Bertz CT molecular complexity index is 953. The Morgan fingerprint density at radius 2 is 2.04 bits per heavy atom. The number of rotatable bonds is 5. The van der Waals surface area contributed by atoms with Crippen LogP contribution < -0.4 is 9.03 Å². The lowest BCUT2D eigenvalue weighted by atomic mass is 10.1. The molecule has 1 fully saturated rings. The molecule has 2 heterocycles. The highest BCUT2D eigenvalue weighted by atomic mass is 32.2. The van der Waals surface area contributed by atoms with E-state index in [-0.39, 0.29) is 11.6 Å². The van der Waals surface area contributed by atoms with Crippen LogP contribution in [0.25, 0.3) is 11.3 Å². The number of nitrogens with one attached hydrogen (secondary N) is 1. The minimum Gasteiger partial charge on any atom is -0.506 e. The Morgan fingerprint density at radius 1 is 1.35 bits per heavy atom. The molecule has 0 bridgehead atoms. The number of carbonyl (C=O) groups excluding carboxylic acids is 1. The number of phenols is 1. The summed E-state index contributed by atoms with van der Waals surface area (Å²) in [4.78, 5) is 15.6. The number of aromatic nitrogens is 2. The van der Waals surface area contributed by atoms with E-state index in [0.717, 1.165) is 12.8 Å². The van der Waals surface area contributed by atoms with Gasteiger partial charge in [0, 0.05) is 17.8 Å². The lowest BCUT2D eigenvalue weighted by molar-refractivity contribution is -0.117. The van der Waals surface area contributed by atoms with Crippen molar-refractivity contribution in [2.75, 3.05) is 10.8 Å². The molecule has 1 aliphatic heterocycles. The lowest BCUT2D eigenvalue weighted by Gasteiger charge is -2.18. The fourth-order valence-electron chi connectivity index (χ4n) is 3.02. The standard InChI is InChI=1S/C16H19FN4O4S/c1-3-10(4-2)20-7-12(18-9-20)11-5-6-13(22)16(15(11)17)21-8-14(23)19-26(21,24)25/h5-7,9-10,22H,3-4,8H2,1-2H3,(H,19,23). The summed E-state index contributed by atoms with van der Waals surface area (Å²) < 4.78 is 43.2. The third kappa shape index (κ3) is 3.00. The molecule has 0 aliphatic carbocycles. The van der Waals surface area contributed by atoms with Crippen LogP contribution in [0.15, 0.2) is 24.7 Å². The maximum Gasteiger partial charge on any atom is 0.326 e. The van der Waals surface area contributed by atoms with Gasteiger partial charge in [-0.2, -0.15) is 8.42 Å². The van der Waals surface area contributed by atoms with Crippen LogP contribution in [0.1, 0.15) is 32.7 Å². The first kappa shape index (κ1) is 18.2. The normalized spacial score (nSPS) is 16.3. The molecule has 1 aromatic carbocycles. The number of nitrogens with zero attached hydrogens (tertiary/aromatic N) is 3. The van der Waals surface area contributed by atoms with Gasteiger partial charge in [0.05, 0.1) is 12.0 Å². The van der Waals surface area contributed by atoms with E-state index in [1.165, 1.54) is 12.1 Å². The van der Waals surface area contributed by atoms with Gasteiger partial charge in [-0.25, -0.2) is 18.4 Å². The van der Waals surface area contributed by atoms with E-state index in [1.807, 2.05) is 18.4 Å².